The van der Waals surface area contributed by atoms with Gasteiger partial charge in [0, 0.05) is 40.9 Å². The van der Waals surface area contributed by atoms with Crippen LogP contribution in [0.25, 0.3) is 0 Å². The predicted molar refractivity (Wildman–Crippen MR) is 117 cm³/mol. The van der Waals surface area contributed by atoms with Crippen molar-refractivity contribution in [3.05, 3.63) is 62.5 Å². The number of esters is 1. The lowest BCUT2D eigenvalue weighted by atomic mass is 9.95. The second-order valence-corrected chi connectivity index (χ2v) is 8.87. The van der Waals surface area contributed by atoms with Crippen LogP contribution in [-0.4, -0.2) is 65.1 Å². The molecule has 1 saturated heterocycles. The molecule has 3 heterocycles. The van der Waals surface area contributed by atoms with Gasteiger partial charge in [0.05, 0.1) is 18.7 Å². The number of alkyl halides is 2. The predicted octanol–water partition coefficient (Wildman–Crippen LogP) is 3.16. The maximum Gasteiger partial charge on any atom is 0.338 e. The lowest BCUT2D eigenvalue weighted by Gasteiger charge is -2.29. The molecule has 1 aromatic heterocycles. The minimum atomic E-state index is -3.27. The van der Waals surface area contributed by atoms with Crippen LogP contribution in [0, 0.1) is 5.82 Å². The number of aliphatic hydroxyl groups excluding tert-OH is 1. The van der Waals surface area contributed by atoms with Crippen molar-refractivity contribution in [1.82, 2.24) is 15.2 Å². The van der Waals surface area contributed by atoms with E-state index in [0.717, 1.165) is 6.07 Å². The second-order valence-electron chi connectivity index (χ2n) is 7.57. The quantitative estimate of drug-likeness (QED) is 0.593. The normalized spacial score (nSPS) is 22.8. The molecule has 2 atom stereocenters. The lowest BCUT2D eigenvalue weighted by molar-refractivity contribution is -0.139. The molecule has 1 aromatic carbocycles. The monoisotopic (exact) mass is 500 g/mol. The maximum absolute atomic E-state index is 13.9. The summed E-state index contributed by atoms with van der Waals surface area (Å²) in [5, 5.41) is 15.0. The standard InChI is InChI=1S/C21H20ClF3N4O3S/c1-2-32-20(31)16-14(8-29-9-15(30)21(24,25)10-29)27-18(19-26-5-6-33-19)28-17(16)12-4-3-11(23)7-13(12)22/h3-7,15,17,30H,2,8-10H2,1H3,(H,27,28). The Morgan fingerprint density at radius 1 is 1.45 bits per heavy atom. The van der Waals surface area contributed by atoms with E-state index in [4.69, 9.17) is 16.3 Å². The highest BCUT2D eigenvalue weighted by Crippen LogP contribution is 2.37. The number of thiazole rings is 1. The highest BCUT2D eigenvalue weighted by Gasteiger charge is 2.47. The Bertz CT molecular complexity index is 1110. The average Bonchev–Trinajstić information content (AvgIpc) is 3.36. The number of nitrogens with one attached hydrogen (secondary N) is 1. The van der Waals surface area contributed by atoms with Crippen LogP contribution >= 0.6 is 22.9 Å². The third-order valence-electron chi connectivity index (χ3n) is 5.25. The zero-order chi connectivity index (χ0) is 23.8. The molecule has 176 valence electrons. The molecule has 0 radical (unpaired) electrons. The Labute approximate surface area is 196 Å². The van der Waals surface area contributed by atoms with E-state index in [9.17, 15) is 23.1 Å². The first-order chi connectivity index (χ1) is 15.7. The Hall–Kier alpha value is -2.47. The minimum Gasteiger partial charge on any atom is -0.463 e. The average molecular weight is 501 g/mol. The highest BCUT2D eigenvalue weighted by atomic mass is 35.5. The van der Waals surface area contributed by atoms with Gasteiger partial charge in [-0.3, -0.25) is 9.89 Å². The van der Waals surface area contributed by atoms with Crippen LogP contribution in [-0.2, 0) is 9.53 Å². The number of aromatic nitrogens is 1. The van der Waals surface area contributed by atoms with E-state index < -0.39 is 36.4 Å². The number of carbonyl (C=O) groups is 1. The minimum absolute atomic E-state index is 0.0495. The Morgan fingerprint density at radius 2 is 2.24 bits per heavy atom. The van der Waals surface area contributed by atoms with Gasteiger partial charge in [-0.05, 0) is 19.1 Å². The van der Waals surface area contributed by atoms with Gasteiger partial charge in [0.25, 0.3) is 5.92 Å². The molecule has 0 aliphatic carbocycles. The van der Waals surface area contributed by atoms with E-state index in [2.05, 4.69) is 15.3 Å². The van der Waals surface area contributed by atoms with Gasteiger partial charge in [-0.25, -0.2) is 22.9 Å². The number of likely N-dealkylation sites (tertiary alicyclic amines) is 1. The summed E-state index contributed by atoms with van der Waals surface area (Å²) in [5.41, 5.74) is 0.681. The number of aliphatic imine (C=N–C) groups is 1. The van der Waals surface area contributed by atoms with Crippen molar-refractivity contribution in [2.24, 2.45) is 4.99 Å². The molecule has 2 aliphatic heterocycles. The molecule has 0 amide bonds. The number of rotatable bonds is 6. The maximum atomic E-state index is 13.9. The molecular formula is C21H20ClF3N4O3S. The van der Waals surface area contributed by atoms with Crippen molar-refractivity contribution >= 4 is 34.7 Å². The van der Waals surface area contributed by atoms with Gasteiger partial charge in [-0.15, -0.1) is 11.3 Å². The third-order valence-corrected chi connectivity index (χ3v) is 6.36. The summed E-state index contributed by atoms with van der Waals surface area (Å²) in [6.45, 7) is 0.639. The van der Waals surface area contributed by atoms with Gasteiger partial charge in [0.2, 0.25) is 0 Å². The van der Waals surface area contributed by atoms with E-state index in [1.54, 1.807) is 18.5 Å². The number of nitrogens with zero attached hydrogens (tertiary/aromatic N) is 3. The number of benzene rings is 1. The summed E-state index contributed by atoms with van der Waals surface area (Å²) >= 11 is 7.59. The van der Waals surface area contributed by atoms with Crippen molar-refractivity contribution < 1.29 is 27.8 Å². The van der Waals surface area contributed by atoms with Crippen LogP contribution in [0.4, 0.5) is 13.2 Å². The number of β-amino-alcohol motifs (C(OH)–C–C–N with tert-alkyl or cyclic N) is 1. The van der Waals surface area contributed by atoms with Gasteiger partial charge in [0.1, 0.15) is 18.0 Å². The zero-order valence-electron chi connectivity index (χ0n) is 17.4. The first-order valence-corrected chi connectivity index (χ1v) is 11.3. The van der Waals surface area contributed by atoms with Gasteiger partial charge in [0.15, 0.2) is 10.8 Å². The van der Waals surface area contributed by atoms with E-state index in [1.807, 2.05) is 0 Å². The largest absolute Gasteiger partial charge is 0.463 e. The summed E-state index contributed by atoms with van der Waals surface area (Å²) in [5.74, 6) is -4.23. The van der Waals surface area contributed by atoms with Crippen LogP contribution in [0.2, 0.25) is 5.02 Å². The number of halogens is 4. The number of ether oxygens (including phenoxy) is 1. The lowest BCUT2D eigenvalue weighted by Crippen LogP contribution is -2.39. The van der Waals surface area contributed by atoms with Crippen molar-refractivity contribution in [3.63, 3.8) is 0 Å². The van der Waals surface area contributed by atoms with Crippen molar-refractivity contribution in [3.8, 4) is 0 Å². The summed E-state index contributed by atoms with van der Waals surface area (Å²) in [7, 11) is 0. The smallest absolute Gasteiger partial charge is 0.338 e. The van der Waals surface area contributed by atoms with Crippen LogP contribution in [0.5, 0.6) is 0 Å². The van der Waals surface area contributed by atoms with Gasteiger partial charge < -0.3 is 15.2 Å². The topological polar surface area (TPSA) is 87.0 Å². The van der Waals surface area contributed by atoms with E-state index in [1.165, 1.54) is 28.4 Å². The number of amidine groups is 1. The van der Waals surface area contributed by atoms with Crippen molar-refractivity contribution in [2.45, 2.75) is 25.0 Å². The molecular weight excluding hydrogens is 481 g/mol. The van der Waals surface area contributed by atoms with Crippen LogP contribution < -0.4 is 5.32 Å². The molecule has 0 spiro atoms. The third kappa shape index (κ3) is 4.91. The molecule has 2 aromatic rings. The summed E-state index contributed by atoms with van der Waals surface area (Å²) < 4.78 is 46.8. The van der Waals surface area contributed by atoms with Gasteiger partial charge in [-0.2, -0.15) is 0 Å². The zero-order valence-corrected chi connectivity index (χ0v) is 19.0. The fraction of sp³-hybridized carbons (Fsp3) is 0.381. The molecule has 2 aliphatic rings. The Kier molecular flexibility index (Phi) is 6.76. The SMILES string of the molecule is CCOC(=O)C1=C(CN2CC(O)C(F)(F)C2)NC(c2nccs2)=NC1c1ccc(F)cc1Cl. The second kappa shape index (κ2) is 9.41. The molecule has 12 heteroatoms. The highest BCUT2D eigenvalue weighted by molar-refractivity contribution is 7.11. The van der Waals surface area contributed by atoms with Crippen molar-refractivity contribution in [2.75, 3.05) is 26.2 Å². The van der Waals surface area contributed by atoms with Crippen LogP contribution in [0.3, 0.4) is 0 Å². The Morgan fingerprint density at radius 3 is 2.85 bits per heavy atom. The summed E-state index contributed by atoms with van der Waals surface area (Å²) in [4.78, 5) is 23.2. The number of carbonyl (C=O) groups excluding carboxylic acids is 1. The number of aliphatic hydroxyl groups is 1. The van der Waals surface area contributed by atoms with Crippen molar-refractivity contribution in [1.29, 1.82) is 0 Å². The molecule has 0 bridgehead atoms. The van der Waals surface area contributed by atoms with Gasteiger partial charge in [-0.1, -0.05) is 17.7 Å². The molecule has 2 N–H and O–H groups in total. The molecule has 4 rings (SSSR count). The van der Waals surface area contributed by atoms with Crippen LogP contribution in [0.15, 0.2) is 46.0 Å². The van der Waals surface area contributed by atoms with Crippen LogP contribution in [0.1, 0.15) is 23.5 Å². The molecule has 2 unspecified atom stereocenters. The molecule has 0 saturated carbocycles. The molecule has 1 fully saturated rings. The first-order valence-electron chi connectivity index (χ1n) is 10.1. The first kappa shape index (κ1) is 23.7. The molecule has 7 nitrogen and oxygen atoms in total. The van der Waals surface area contributed by atoms with E-state index in [-0.39, 0.29) is 36.0 Å². The Balaban J connectivity index is 1.81. The van der Waals surface area contributed by atoms with E-state index >= 15 is 0 Å². The summed E-state index contributed by atoms with van der Waals surface area (Å²) in [6.07, 6.45) is -0.242. The number of hydrogen-bond donors (Lipinski definition) is 2. The van der Waals surface area contributed by atoms with E-state index in [0.29, 0.717) is 16.4 Å². The fourth-order valence-electron chi connectivity index (χ4n) is 3.76. The fourth-order valence-corrected chi connectivity index (χ4v) is 4.62. The number of hydrogen-bond acceptors (Lipinski definition) is 8. The molecule has 33 heavy (non-hydrogen) atoms. The summed E-state index contributed by atoms with van der Waals surface area (Å²) in [6, 6.07) is 2.74. The van der Waals surface area contributed by atoms with Gasteiger partial charge >= 0.3 is 5.97 Å².